The van der Waals surface area contributed by atoms with Crippen LogP contribution in [0.3, 0.4) is 0 Å². The Balaban J connectivity index is 1.22. The van der Waals surface area contributed by atoms with Gasteiger partial charge in [0.2, 0.25) is 0 Å². The molecule has 0 amide bonds. The quantitative estimate of drug-likeness (QED) is 0.249. The molecule has 3 atom stereocenters. The minimum absolute atomic E-state index is 0.148. The third-order valence-electron chi connectivity index (χ3n) is 9.53. The number of nitrogens with zero attached hydrogens (tertiary/aromatic N) is 7. The van der Waals surface area contributed by atoms with Gasteiger partial charge in [0.05, 0.1) is 17.8 Å². The number of hydrogen-bond acceptors (Lipinski definition) is 9. The molecule has 3 saturated heterocycles. The second-order valence-electron chi connectivity index (χ2n) is 12.2. The maximum atomic E-state index is 10.6. The van der Waals surface area contributed by atoms with E-state index < -0.39 is 0 Å². The van der Waals surface area contributed by atoms with Gasteiger partial charge in [-0.05, 0) is 85.4 Å². The van der Waals surface area contributed by atoms with Gasteiger partial charge < -0.3 is 19.6 Å². The lowest BCUT2D eigenvalue weighted by Gasteiger charge is -2.42. The van der Waals surface area contributed by atoms with Gasteiger partial charge in [-0.25, -0.2) is 4.98 Å². The number of aromatic hydroxyl groups is 1. The summed E-state index contributed by atoms with van der Waals surface area (Å²) in [7, 11) is 2.11. The Labute approximate surface area is 256 Å². The molecule has 222 valence electrons. The van der Waals surface area contributed by atoms with Crippen molar-refractivity contribution in [3.63, 3.8) is 0 Å². The van der Waals surface area contributed by atoms with Crippen LogP contribution < -0.4 is 14.5 Å². The van der Waals surface area contributed by atoms with Gasteiger partial charge in [0.15, 0.2) is 0 Å². The molecule has 2 unspecified atom stereocenters. The molecule has 3 aromatic carbocycles. The molecule has 2 aromatic heterocycles. The number of phenolic OH excluding ortho intramolecular Hbond substituents is 1. The van der Waals surface area contributed by atoms with Crippen molar-refractivity contribution in [1.82, 2.24) is 24.8 Å². The van der Waals surface area contributed by atoms with Crippen molar-refractivity contribution in [3.8, 4) is 22.9 Å². The van der Waals surface area contributed by atoms with Crippen LogP contribution in [0.15, 0.2) is 85.5 Å². The summed E-state index contributed by atoms with van der Waals surface area (Å²) in [5.41, 5.74) is 2.74. The molecule has 0 radical (unpaired) electrons. The van der Waals surface area contributed by atoms with Crippen molar-refractivity contribution in [2.45, 2.75) is 43.8 Å². The Bertz CT molecular complexity index is 1870. The largest absolute Gasteiger partial charge is 0.508 e. The van der Waals surface area contributed by atoms with Gasteiger partial charge in [0, 0.05) is 43.0 Å². The first kappa shape index (κ1) is 26.8. The molecule has 5 heterocycles. The zero-order valence-corrected chi connectivity index (χ0v) is 24.8. The van der Waals surface area contributed by atoms with E-state index in [2.05, 4.69) is 62.6 Å². The van der Waals surface area contributed by atoms with Crippen LogP contribution in [0, 0.1) is 0 Å². The van der Waals surface area contributed by atoms with E-state index in [-0.39, 0.29) is 23.9 Å². The van der Waals surface area contributed by atoms with Crippen molar-refractivity contribution >= 4 is 33.3 Å². The first-order valence-corrected chi connectivity index (χ1v) is 15.4. The summed E-state index contributed by atoms with van der Waals surface area (Å²) in [5.74, 6) is 2.73. The standard InChI is InChI=1S/C35H35N7O2/c1-22(32-8-5-15-40(32)2)44-35-38-31-17-24(30-18-27(43)16-23-6-3-4-7-28(23)30)9-12-29(31)34(39-35)42-25-10-11-26(42)21-41(20-25)33-19-36-13-14-37-33/h3-4,6-7,9,12-14,16-19,25-26,32,43H,1,5,8,10-11,15,20-21H2,2H3/t25?,26?,32-/m0/s1. The van der Waals surface area contributed by atoms with Crippen LogP contribution in [0.5, 0.6) is 11.8 Å². The van der Waals surface area contributed by atoms with Gasteiger partial charge in [0.25, 0.3) is 0 Å². The van der Waals surface area contributed by atoms with E-state index in [0.29, 0.717) is 11.8 Å². The molecule has 44 heavy (non-hydrogen) atoms. The van der Waals surface area contributed by atoms with Gasteiger partial charge in [-0.3, -0.25) is 9.88 Å². The lowest BCUT2D eigenvalue weighted by atomic mass is 9.97. The molecule has 9 heteroatoms. The fourth-order valence-corrected chi connectivity index (χ4v) is 7.43. The van der Waals surface area contributed by atoms with Crippen LogP contribution in [0.2, 0.25) is 0 Å². The molecule has 9 nitrogen and oxygen atoms in total. The number of rotatable bonds is 6. The number of phenols is 1. The lowest BCUT2D eigenvalue weighted by molar-refractivity contribution is 0.259. The smallest absolute Gasteiger partial charge is 0.324 e. The molecular weight excluding hydrogens is 550 g/mol. The van der Waals surface area contributed by atoms with E-state index in [4.69, 9.17) is 14.7 Å². The van der Waals surface area contributed by atoms with Crippen LogP contribution in [0.25, 0.3) is 32.8 Å². The number of ether oxygens (including phenoxy) is 1. The summed E-state index contributed by atoms with van der Waals surface area (Å²) in [6.45, 7) is 7.02. The fraction of sp³-hybridized carbons (Fsp3) is 0.314. The van der Waals surface area contributed by atoms with Crippen molar-refractivity contribution in [3.05, 3.63) is 85.5 Å². The highest BCUT2D eigenvalue weighted by Crippen LogP contribution is 2.41. The number of hydrogen-bond donors (Lipinski definition) is 1. The topological polar surface area (TPSA) is 90.7 Å². The van der Waals surface area contributed by atoms with Crippen molar-refractivity contribution in [2.75, 3.05) is 36.5 Å². The van der Waals surface area contributed by atoms with Crippen molar-refractivity contribution in [2.24, 2.45) is 0 Å². The second-order valence-corrected chi connectivity index (χ2v) is 12.2. The summed E-state index contributed by atoms with van der Waals surface area (Å²) in [5, 5.41) is 13.6. The Kier molecular flexibility index (Phi) is 6.56. The number of aromatic nitrogens is 4. The molecule has 1 N–H and O–H groups in total. The predicted octanol–water partition coefficient (Wildman–Crippen LogP) is 5.79. The first-order valence-electron chi connectivity index (χ1n) is 15.4. The van der Waals surface area contributed by atoms with E-state index >= 15 is 0 Å². The third kappa shape index (κ3) is 4.68. The average Bonchev–Trinajstić information content (AvgIpc) is 3.59. The molecule has 0 aliphatic carbocycles. The molecule has 3 aliphatic heterocycles. The van der Waals surface area contributed by atoms with Gasteiger partial charge >= 0.3 is 6.01 Å². The molecule has 2 bridgehead atoms. The molecule has 3 fully saturated rings. The zero-order valence-electron chi connectivity index (χ0n) is 24.8. The molecule has 0 spiro atoms. The Hall–Kier alpha value is -4.76. The SMILES string of the molecule is C=C(Oc1nc(N2C3CCC2CN(c2cnccn2)C3)c2ccc(-c3cc(O)cc4ccccc34)cc2n1)[C@@H]1CCCN1C. The summed E-state index contributed by atoms with van der Waals surface area (Å²) < 4.78 is 6.37. The Morgan fingerprint density at radius 1 is 0.955 bits per heavy atom. The molecular formula is C35H35N7O2. The molecule has 8 rings (SSSR count). The van der Waals surface area contributed by atoms with E-state index in [1.165, 1.54) is 0 Å². The van der Waals surface area contributed by atoms with E-state index in [1.807, 2.05) is 30.5 Å². The Morgan fingerprint density at radius 3 is 2.57 bits per heavy atom. The molecule has 3 aliphatic rings. The van der Waals surface area contributed by atoms with E-state index in [0.717, 1.165) is 89.8 Å². The summed E-state index contributed by atoms with van der Waals surface area (Å²) in [6, 6.07) is 19.1. The Morgan fingerprint density at radius 2 is 1.80 bits per heavy atom. The molecule has 0 saturated carbocycles. The van der Waals surface area contributed by atoms with E-state index in [9.17, 15) is 5.11 Å². The minimum Gasteiger partial charge on any atom is -0.508 e. The van der Waals surface area contributed by atoms with Crippen LogP contribution in [0.1, 0.15) is 25.7 Å². The fourth-order valence-electron chi connectivity index (χ4n) is 7.43. The first-order chi connectivity index (χ1) is 21.5. The number of likely N-dealkylation sites (N-methyl/N-ethyl adjacent to an activating group) is 1. The highest BCUT2D eigenvalue weighted by molar-refractivity contribution is 6.01. The lowest BCUT2D eigenvalue weighted by Crippen LogP contribution is -2.54. The van der Waals surface area contributed by atoms with Gasteiger partial charge in [0.1, 0.15) is 23.1 Å². The van der Waals surface area contributed by atoms with E-state index in [1.54, 1.807) is 18.5 Å². The third-order valence-corrected chi connectivity index (χ3v) is 9.53. The monoisotopic (exact) mass is 585 g/mol. The number of anilines is 2. The van der Waals surface area contributed by atoms with Gasteiger partial charge in [-0.1, -0.05) is 36.9 Å². The number of benzene rings is 3. The maximum absolute atomic E-state index is 10.6. The summed E-state index contributed by atoms with van der Waals surface area (Å²) >= 11 is 0. The summed E-state index contributed by atoms with van der Waals surface area (Å²) in [6.07, 6.45) is 9.61. The maximum Gasteiger partial charge on any atom is 0.324 e. The van der Waals surface area contributed by atoms with Crippen LogP contribution >= 0.6 is 0 Å². The second kappa shape index (κ2) is 10.7. The normalized spacial score (nSPS) is 21.8. The molecule has 5 aromatic rings. The van der Waals surface area contributed by atoms with Crippen molar-refractivity contribution < 1.29 is 9.84 Å². The van der Waals surface area contributed by atoms with Gasteiger partial charge in [-0.15, -0.1) is 0 Å². The average molecular weight is 586 g/mol. The van der Waals surface area contributed by atoms with Crippen molar-refractivity contribution in [1.29, 1.82) is 0 Å². The highest BCUT2D eigenvalue weighted by Gasteiger charge is 2.42. The number of likely N-dealkylation sites (tertiary alicyclic amines) is 1. The van der Waals surface area contributed by atoms with Crippen LogP contribution in [0.4, 0.5) is 11.6 Å². The zero-order chi connectivity index (χ0) is 29.8. The highest BCUT2D eigenvalue weighted by atomic mass is 16.5. The minimum atomic E-state index is 0.148. The van der Waals surface area contributed by atoms with Crippen LogP contribution in [-0.4, -0.2) is 74.7 Å². The van der Waals surface area contributed by atoms with Crippen LogP contribution in [-0.2, 0) is 0 Å². The predicted molar refractivity (Wildman–Crippen MR) is 173 cm³/mol. The number of piperazine rings is 1. The summed E-state index contributed by atoms with van der Waals surface area (Å²) in [4.78, 5) is 26.0. The number of fused-ring (bicyclic) bond motifs is 4. The van der Waals surface area contributed by atoms with Gasteiger partial charge in [-0.2, -0.15) is 9.97 Å².